The molecule has 0 spiro atoms. The second-order valence-electron chi connectivity index (χ2n) is 4.64. The lowest BCUT2D eigenvalue weighted by molar-refractivity contribution is 0.0362. The van der Waals surface area contributed by atoms with Gasteiger partial charge >= 0.3 is 0 Å². The number of hydrogen-bond donors (Lipinski definition) is 1. The average Bonchev–Trinajstić information content (AvgIpc) is 2.41. The summed E-state index contributed by atoms with van der Waals surface area (Å²) in [5.41, 5.74) is 1.35. The minimum Gasteiger partial charge on any atom is -0.379 e. The van der Waals surface area contributed by atoms with Gasteiger partial charge in [0.2, 0.25) is 0 Å². The fourth-order valence-corrected chi connectivity index (χ4v) is 2.75. The standard InChI is InChI=1S/C14H21BrN2O/c1-16-14(12-3-2-4-13(15)11-12)5-6-17-7-9-18-10-8-17/h2-4,11,14,16H,5-10H2,1H3. The van der Waals surface area contributed by atoms with Crippen LogP contribution in [-0.2, 0) is 4.74 Å². The third-order valence-corrected chi connectivity index (χ3v) is 3.93. The Balaban J connectivity index is 1.88. The molecule has 0 aliphatic carbocycles. The number of ether oxygens (including phenoxy) is 1. The Morgan fingerprint density at radius 1 is 1.39 bits per heavy atom. The molecule has 100 valence electrons. The zero-order valence-corrected chi connectivity index (χ0v) is 12.4. The fraction of sp³-hybridized carbons (Fsp3) is 0.571. The summed E-state index contributed by atoms with van der Waals surface area (Å²) in [5, 5.41) is 3.41. The van der Waals surface area contributed by atoms with Gasteiger partial charge in [-0.2, -0.15) is 0 Å². The van der Waals surface area contributed by atoms with E-state index in [-0.39, 0.29) is 0 Å². The molecule has 18 heavy (non-hydrogen) atoms. The largest absolute Gasteiger partial charge is 0.379 e. The van der Waals surface area contributed by atoms with Crippen LogP contribution in [0.1, 0.15) is 18.0 Å². The van der Waals surface area contributed by atoms with Gasteiger partial charge in [-0.1, -0.05) is 28.1 Å². The maximum atomic E-state index is 5.37. The van der Waals surface area contributed by atoms with Crippen molar-refractivity contribution in [3.63, 3.8) is 0 Å². The predicted octanol–water partition coefficient (Wildman–Crippen LogP) is 2.43. The number of morpholine rings is 1. The summed E-state index contributed by atoms with van der Waals surface area (Å²) in [4.78, 5) is 2.48. The maximum absolute atomic E-state index is 5.37. The molecule has 0 amide bonds. The van der Waals surface area contributed by atoms with E-state index in [1.807, 2.05) is 7.05 Å². The van der Waals surface area contributed by atoms with Crippen molar-refractivity contribution in [3.05, 3.63) is 34.3 Å². The van der Waals surface area contributed by atoms with Gasteiger partial charge in [-0.25, -0.2) is 0 Å². The van der Waals surface area contributed by atoms with Crippen LogP contribution in [0.3, 0.4) is 0 Å². The second-order valence-corrected chi connectivity index (χ2v) is 5.55. The molecule has 1 fully saturated rings. The third kappa shape index (κ3) is 4.05. The summed E-state index contributed by atoms with van der Waals surface area (Å²) in [5.74, 6) is 0. The smallest absolute Gasteiger partial charge is 0.0594 e. The van der Waals surface area contributed by atoms with Gasteiger partial charge in [0.1, 0.15) is 0 Å². The molecular formula is C14H21BrN2O. The first-order valence-electron chi connectivity index (χ1n) is 6.52. The van der Waals surface area contributed by atoms with Gasteiger partial charge in [-0.15, -0.1) is 0 Å². The Hall–Kier alpha value is -0.420. The van der Waals surface area contributed by atoms with E-state index < -0.39 is 0 Å². The highest BCUT2D eigenvalue weighted by Crippen LogP contribution is 2.21. The van der Waals surface area contributed by atoms with Crippen molar-refractivity contribution in [2.75, 3.05) is 39.9 Å². The number of benzene rings is 1. The average molecular weight is 313 g/mol. The number of nitrogens with zero attached hydrogens (tertiary/aromatic N) is 1. The van der Waals surface area contributed by atoms with Gasteiger partial charge in [0.15, 0.2) is 0 Å². The van der Waals surface area contributed by atoms with Crippen LogP contribution >= 0.6 is 15.9 Å². The number of nitrogens with one attached hydrogen (secondary N) is 1. The van der Waals surface area contributed by atoms with Crippen LogP contribution in [0.25, 0.3) is 0 Å². The lowest BCUT2D eigenvalue weighted by atomic mass is 10.0. The Labute approximate surface area is 118 Å². The molecule has 0 radical (unpaired) electrons. The first kappa shape index (κ1) is 14.0. The molecule has 1 aromatic carbocycles. The van der Waals surface area contributed by atoms with Gasteiger partial charge < -0.3 is 10.1 Å². The summed E-state index contributed by atoms with van der Waals surface area (Å²) in [6.07, 6.45) is 1.13. The van der Waals surface area contributed by atoms with Gasteiger partial charge in [0.05, 0.1) is 13.2 Å². The van der Waals surface area contributed by atoms with Gasteiger partial charge in [0.25, 0.3) is 0 Å². The van der Waals surface area contributed by atoms with Crippen molar-refractivity contribution >= 4 is 15.9 Å². The third-order valence-electron chi connectivity index (χ3n) is 3.44. The molecule has 0 saturated carbocycles. The first-order valence-corrected chi connectivity index (χ1v) is 7.31. The van der Waals surface area contributed by atoms with Gasteiger partial charge in [-0.3, -0.25) is 4.90 Å². The van der Waals surface area contributed by atoms with Crippen LogP contribution in [0.15, 0.2) is 28.7 Å². The predicted molar refractivity (Wildman–Crippen MR) is 77.8 cm³/mol. The Bertz CT molecular complexity index is 367. The minimum atomic E-state index is 0.422. The Kier molecular flexibility index (Phi) is 5.63. The van der Waals surface area contributed by atoms with E-state index in [0.717, 1.165) is 43.7 Å². The van der Waals surface area contributed by atoms with Gasteiger partial charge in [0, 0.05) is 30.1 Å². The van der Waals surface area contributed by atoms with E-state index in [1.54, 1.807) is 0 Å². The molecule has 4 heteroatoms. The SMILES string of the molecule is CNC(CCN1CCOCC1)c1cccc(Br)c1. The maximum Gasteiger partial charge on any atom is 0.0594 e. The van der Waals surface area contributed by atoms with E-state index in [4.69, 9.17) is 4.74 Å². The molecular weight excluding hydrogens is 292 g/mol. The molecule has 0 bridgehead atoms. The van der Waals surface area contributed by atoms with Crippen molar-refractivity contribution in [1.29, 1.82) is 0 Å². The topological polar surface area (TPSA) is 24.5 Å². The van der Waals surface area contributed by atoms with E-state index in [9.17, 15) is 0 Å². The summed E-state index contributed by atoms with van der Waals surface area (Å²) in [6.45, 7) is 5.01. The quantitative estimate of drug-likeness (QED) is 0.903. The normalized spacial score (nSPS) is 18.8. The van der Waals surface area contributed by atoms with Gasteiger partial charge in [-0.05, 0) is 31.2 Å². The first-order chi connectivity index (χ1) is 8.79. The van der Waals surface area contributed by atoms with Crippen molar-refractivity contribution in [3.8, 4) is 0 Å². The monoisotopic (exact) mass is 312 g/mol. The lowest BCUT2D eigenvalue weighted by Gasteiger charge is -2.28. The van der Waals surface area contributed by atoms with Crippen LogP contribution < -0.4 is 5.32 Å². The number of halogens is 1. The van der Waals surface area contributed by atoms with Crippen molar-refractivity contribution in [2.45, 2.75) is 12.5 Å². The summed E-state index contributed by atoms with van der Waals surface area (Å²) in [7, 11) is 2.03. The van der Waals surface area contributed by atoms with Crippen LogP contribution in [0.2, 0.25) is 0 Å². The summed E-state index contributed by atoms with van der Waals surface area (Å²) >= 11 is 3.53. The Morgan fingerprint density at radius 2 is 2.17 bits per heavy atom. The molecule has 1 aliphatic rings. The van der Waals surface area contributed by atoms with Crippen LogP contribution in [0, 0.1) is 0 Å². The van der Waals surface area contributed by atoms with Crippen molar-refractivity contribution in [2.24, 2.45) is 0 Å². The van der Waals surface area contributed by atoms with E-state index in [2.05, 4.69) is 50.4 Å². The molecule has 1 unspecified atom stereocenters. The van der Waals surface area contributed by atoms with Crippen LogP contribution in [-0.4, -0.2) is 44.8 Å². The highest BCUT2D eigenvalue weighted by Gasteiger charge is 2.14. The zero-order chi connectivity index (χ0) is 12.8. The Morgan fingerprint density at radius 3 is 2.83 bits per heavy atom. The van der Waals surface area contributed by atoms with Crippen molar-refractivity contribution < 1.29 is 4.74 Å². The summed E-state index contributed by atoms with van der Waals surface area (Å²) in [6, 6.07) is 8.97. The molecule has 1 aliphatic heterocycles. The molecule has 1 saturated heterocycles. The highest BCUT2D eigenvalue weighted by atomic mass is 79.9. The minimum absolute atomic E-state index is 0.422. The molecule has 0 aromatic heterocycles. The highest BCUT2D eigenvalue weighted by molar-refractivity contribution is 9.10. The summed E-state index contributed by atoms with van der Waals surface area (Å²) < 4.78 is 6.51. The number of rotatable bonds is 5. The molecule has 1 aromatic rings. The second kappa shape index (κ2) is 7.24. The molecule has 3 nitrogen and oxygen atoms in total. The molecule has 2 rings (SSSR count). The van der Waals surface area contributed by atoms with E-state index in [1.165, 1.54) is 5.56 Å². The molecule has 1 atom stereocenters. The number of hydrogen-bond acceptors (Lipinski definition) is 3. The fourth-order valence-electron chi connectivity index (χ4n) is 2.34. The lowest BCUT2D eigenvalue weighted by Crippen LogP contribution is -2.38. The molecule has 1 N–H and O–H groups in total. The van der Waals surface area contributed by atoms with Crippen LogP contribution in [0.5, 0.6) is 0 Å². The van der Waals surface area contributed by atoms with Crippen LogP contribution in [0.4, 0.5) is 0 Å². The van der Waals surface area contributed by atoms with Crippen molar-refractivity contribution in [1.82, 2.24) is 10.2 Å². The van der Waals surface area contributed by atoms with E-state index in [0.29, 0.717) is 6.04 Å². The zero-order valence-electron chi connectivity index (χ0n) is 10.9. The van der Waals surface area contributed by atoms with E-state index >= 15 is 0 Å². The molecule has 1 heterocycles.